The zero-order valence-electron chi connectivity index (χ0n) is 13.9. The molecule has 3 fully saturated rings. The molecule has 6 nitrogen and oxygen atoms in total. The summed E-state index contributed by atoms with van der Waals surface area (Å²) in [5.74, 6) is 0.502. The molecule has 3 aliphatic rings. The molecule has 0 spiro atoms. The number of pyridine rings is 1. The quantitative estimate of drug-likeness (QED) is 0.798. The molecule has 0 aromatic carbocycles. The minimum Gasteiger partial charge on any atom is -0.460 e. The second kappa shape index (κ2) is 5.74. The lowest BCUT2D eigenvalue weighted by molar-refractivity contribution is 0.0618. The third kappa shape index (κ3) is 2.53. The summed E-state index contributed by atoms with van der Waals surface area (Å²) in [7, 11) is 0. The number of nitrogens with zero attached hydrogens (tertiary/aromatic N) is 3. The number of furan rings is 1. The maximum atomic E-state index is 12.7. The van der Waals surface area contributed by atoms with Crippen molar-refractivity contribution in [1.29, 1.82) is 0 Å². The molecule has 0 saturated carbocycles. The Labute approximate surface area is 145 Å². The average Bonchev–Trinajstić information content (AvgIpc) is 3.31. The number of rotatable bonds is 3. The molecule has 25 heavy (non-hydrogen) atoms. The highest BCUT2D eigenvalue weighted by Crippen LogP contribution is 2.28. The number of piperidine rings is 3. The molecule has 1 amide bonds. The zero-order chi connectivity index (χ0) is 16.8. The summed E-state index contributed by atoms with van der Waals surface area (Å²) in [6.07, 6.45) is 9.60. The molecular weight excluding hydrogens is 316 g/mol. The maximum Gasteiger partial charge on any atom is 0.270 e. The number of fused-ring (bicyclic) bond motifs is 4. The van der Waals surface area contributed by atoms with Gasteiger partial charge in [0.1, 0.15) is 12.0 Å². The van der Waals surface area contributed by atoms with E-state index in [-0.39, 0.29) is 11.9 Å². The lowest BCUT2D eigenvalue weighted by Gasteiger charge is -2.44. The van der Waals surface area contributed by atoms with Crippen LogP contribution in [0.2, 0.25) is 0 Å². The number of aromatic nitrogens is 2. The lowest BCUT2D eigenvalue weighted by Crippen LogP contribution is -2.57. The summed E-state index contributed by atoms with van der Waals surface area (Å²) < 4.78 is 7.55. The van der Waals surface area contributed by atoms with E-state index in [0.717, 1.165) is 30.7 Å². The first kappa shape index (κ1) is 14.7. The van der Waals surface area contributed by atoms with E-state index in [1.165, 1.54) is 12.8 Å². The highest BCUT2D eigenvalue weighted by Gasteiger charge is 2.35. The predicted molar refractivity (Wildman–Crippen MR) is 93.8 cm³/mol. The second-order valence-electron chi connectivity index (χ2n) is 6.99. The van der Waals surface area contributed by atoms with Crippen LogP contribution in [0.4, 0.5) is 0 Å². The fraction of sp³-hybridized carbons (Fsp3) is 0.368. The summed E-state index contributed by atoms with van der Waals surface area (Å²) in [6.45, 7) is 3.28. The van der Waals surface area contributed by atoms with E-state index < -0.39 is 0 Å². The van der Waals surface area contributed by atoms with Crippen molar-refractivity contribution < 1.29 is 9.21 Å². The maximum absolute atomic E-state index is 12.7. The van der Waals surface area contributed by atoms with Crippen LogP contribution >= 0.6 is 0 Å². The van der Waals surface area contributed by atoms with Gasteiger partial charge in [-0.05, 0) is 50.0 Å². The fourth-order valence-corrected chi connectivity index (χ4v) is 4.11. The van der Waals surface area contributed by atoms with Crippen molar-refractivity contribution in [3.63, 3.8) is 0 Å². The fourth-order valence-electron chi connectivity index (χ4n) is 4.11. The number of amides is 1. The van der Waals surface area contributed by atoms with Crippen molar-refractivity contribution >= 4 is 16.9 Å². The Balaban J connectivity index is 1.42. The Morgan fingerprint density at radius 1 is 1.24 bits per heavy atom. The molecule has 128 valence electrons. The number of hydrogen-bond donors (Lipinski definition) is 1. The average molecular weight is 336 g/mol. The highest BCUT2D eigenvalue weighted by molar-refractivity contribution is 5.97. The molecule has 0 aliphatic carbocycles. The van der Waals surface area contributed by atoms with Gasteiger partial charge in [-0.3, -0.25) is 4.79 Å². The van der Waals surface area contributed by atoms with Gasteiger partial charge in [-0.15, -0.1) is 0 Å². The summed E-state index contributed by atoms with van der Waals surface area (Å²) in [5.41, 5.74) is 2.04. The highest BCUT2D eigenvalue weighted by atomic mass is 16.3. The molecule has 3 aliphatic heterocycles. The van der Waals surface area contributed by atoms with E-state index in [1.54, 1.807) is 12.5 Å². The van der Waals surface area contributed by atoms with E-state index in [9.17, 15) is 4.79 Å². The molecule has 6 heteroatoms. The Kier molecular flexibility index (Phi) is 3.38. The number of nitrogens with one attached hydrogen (secondary N) is 1. The van der Waals surface area contributed by atoms with Gasteiger partial charge in [0.05, 0.1) is 11.9 Å². The van der Waals surface area contributed by atoms with Crippen LogP contribution in [0.15, 0.2) is 47.5 Å². The van der Waals surface area contributed by atoms with E-state index in [4.69, 9.17) is 4.42 Å². The third-order valence-corrected chi connectivity index (χ3v) is 5.53. The van der Waals surface area contributed by atoms with Gasteiger partial charge in [-0.2, -0.15) is 0 Å². The topological polar surface area (TPSA) is 63.3 Å². The number of carbonyl (C=O) groups excluding carboxylic acids is 1. The Morgan fingerprint density at radius 2 is 2.04 bits per heavy atom. The molecule has 3 aromatic rings. The van der Waals surface area contributed by atoms with E-state index in [1.807, 2.05) is 35.2 Å². The standard InChI is InChI=1S/C19H20N4O2/c24-19(21-16-11-22-7-3-13(16)4-8-22)15-9-14-17(23-5-1-2-6-23)12-25-18(14)10-20-15/h1-2,5-6,9-10,12-13,16H,3-4,7-8,11H2,(H,21,24). The summed E-state index contributed by atoms with van der Waals surface area (Å²) >= 11 is 0. The van der Waals surface area contributed by atoms with Crippen LogP contribution in [-0.2, 0) is 0 Å². The summed E-state index contributed by atoms with van der Waals surface area (Å²) in [6, 6.07) is 5.98. The first-order valence-corrected chi connectivity index (χ1v) is 8.82. The van der Waals surface area contributed by atoms with Crippen molar-refractivity contribution in [1.82, 2.24) is 19.8 Å². The number of carbonyl (C=O) groups is 1. The van der Waals surface area contributed by atoms with E-state index in [0.29, 0.717) is 17.2 Å². The van der Waals surface area contributed by atoms with Gasteiger partial charge in [-0.25, -0.2) is 4.98 Å². The normalized spacial score (nSPS) is 25.4. The van der Waals surface area contributed by atoms with E-state index in [2.05, 4.69) is 15.2 Å². The SMILES string of the molecule is O=C(NC1CN2CCC1CC2)c1cc2c(-n3cccc3)coc2cn1. The van der Waals surface area contributed by atoms with Gasteiger partial charge in [0.2, 0.25) is 0 Å². The second-order valence-corrected chi connectivity index (χ2v) is 6.99. The molecular formula is C19H20N4O2. The molecule has 2 bridgehead atoms. The third-order valence-electron chi connectivity index (χ3n) is 5.53. The van der Waals surface area contributed by atoms with Crippen molar-refractivity contribution in [2.75, 3.05) is 19.6 Å². The van der Waals surface area contributed by atoms with Gasteiger partial charge < -0.3 is 19.2 Å². The van der Waals surface area contributed by atoms with Crippen LogP contribution in [0, 0.1) is 5.92 Å². The van der Waals surface area contributed by atoms with Crippen molar-refractivity contribution in [2.24, 2.45) is 5.92 Å². The van der Waals surface area contributed by atoms with Crippen LogP contribution in [0.5, 0.6) is 0 Å². The lowest BCUT2D eigenvalue weighted by atomic mass is 9.84. The molecule has 6 heterocycles. The van der Waals surface area contributed by atoms with Gasteiger partial charge in [-0.1, -0.05) is 0 Å². The van der Waals surface area contributed by atoms with Crippen molar-refractivity contribution in [3.05, 3.63) is 48.7 Å². The van der Waals surface area contributed by atoms with Crippen LogP contribution in [-0.4, -0.2) is 46.0 Å². The predicted octanol–water partition coefficient (Wildman–Crippen LogP) is 2.44. The largest absolute Gasteiger partial charge is 0.460 e. The first-order chi connectivity index (χ1) is 12.3. The molecule has 0 radical (unpaired) electrons. The molecule has 6 rings (SSSR count). The van der Waals surface area contributed by atoms with Gasteiger partial charge >= 0.3 is 0 Å². The molecule has 1 atom stereocenters. The molecule has 3 saturated heterocycles. The Hall–Kier alpha value is -2.60. The molecule has 1 N–H and O–H groups in total. The van der Waals surface area contributed by atoms with Gasteiger partial charge in [0, 0.05) is 30.4 Å². The first-order valence-electron chi connectivity index (χ1n) is 8.82. The van der Waals surface area contributed by atoms with Crippen molar-refractivity contribution in [2.45, 2.75) is 18.9 Å². The Morgan fingerprint density at radius 3 is 2.76 bits per heavy atom. The summed E-state index contributed by atoms with van der Waals surface area (Å²) in [5, 5.41) is 4.09. The minimum atomic E-state index is -0.0969. The molecule has 1 unspecified atom stereocenters. The van der Waals surface area contributed by atoms with E-state index >= 15 is 0 Å². The monoisotopic (exact) mass is 336 g/mol. The summed E-state index contributed by atoms with van der Waals surface area (Å²) in [4.78, 5) is 19.5. The van der Waals surface area contributed by atoms with Crippen LogP contribution < -0.4 is 5.32 Å². The van der Waals surface area contributed by atoms with Gasteiger partial charge in [0.25, 0.3) is 5.91 Å². The zero-order valence-corrected chi connectivity index (χ0v) is 13.9. The van der Waals surface area contributed by atoms with Crippen LogP contribution in [0.25, 0.3) is 16.7 Å². The van der Waals surface area contributed by atoms with Crippen LogP contribution in [0.3, 0.4) is 0 Å². The minimum absolute atomic E-state index is 0.0969. The Bertz CT molecular complexity index is 907. The van der Waals surface area contributed by atoms with Crippen molar-refractivity contribution in [3.8, 4) is 5.69 Å². The van der Waals surface area contributed by atoms with Gasteiger partial charge in [0.15, 0.2) is 5.58 Å². The van der Waals surface area contributed by atoms with Crippen LogP contribution in [0.1, 0.15) is 23.3 Å². The number of hydrogen-bond acceptors (Lipinski definition) is 4. The smallest absolute Gasteiger partial charge is 0.270 e. The molecule has 3 aromatic heterocycles.